The van der Waals surface area contributed by atoms with Crippen molar-refractivity contribution in [3.05, 3.63) is 35.9 Å². The van der Waals surface area contributed by atoms with Gasteiger partial charge in [0.25, 0.3) is 0 Å². The molecule has 0 spiro atoms. The Balaban J connectivity index is 1.88. The molecule has 0 aromatic heterocycles. The lowest BCUT2D eigenvalue weighted by molar-refractivity contribution is -0.794. The number of hydrogen-bond donors (Lipinski definition) is 2. The predicted octanol–water partition coefficient (Wildman–Crippen LogP) is 5.99. The number of likely N-dealkylation sites (tertiary alicyclic amines) is 1. The van der Waals surface area contributed by atoms with E-state index in [1.165, 1.54) is 0 Å². The average Bonchev–Trinajstić information content (AvgIpc) is 3.27. The van der Waals surface area contributed by atoms with Crippen molar-refractivity contribution in [3.8, 4) is 0 Å². The third-order valence-corrected chi connectivity index (χ3v) is 7.88. The van der Waals surface area contributed by atoms with Crippen LogP contribution in [0.2, 0.25) is 0 Å². The second kappa shape index (κ2) is 15.7. The molecular weight excluding hydrogens is 483 g/mol. The highest BCUT2D eigenvalue weighted by atomic mass is 31.1. The van der Waals surface area contributed by atoms with Crippen molar-refractivity contribution in [1.82, 2.24) is 5.32 Å². The third-order valence-electron chi connectivity index (χ3n) is 6.71. The van der Waals surface area contributed by atoms with Crippen molar-refractivity contribution in [1.29, 1.82) is 0 Å². The molecule has 10 heteroatoms. The van der Waals surface area contributed by atoms with E-state index in [2.05, 4.69) is 12.2 Å². The lowest BCUT2D eigenvalue weighted by Crippen LogP contribution is -2.61. The highest BCUT2D eigenvalue weighted by Gasteiger charge is 2.56. The minimum Gasteiger partial charge on any atom is -0.445 e. The standard InChI is InChI=1S/C26H39N2O7P/c1-3-4-5-11-19-36(33)35-23(24(29)28(26(31)32)18-12-13-21(28)2)16-9-10-17-27-25(30)34-20-22-14-7-6-8-15-22/h6-8,14-15,21,23H,3-5,9-13,16-20H2,1-2H3/p+2/t21-,23+,28?/m1/s1. The number of carbonyl (C=O) groups is 3. The number of nitrogens with zero attached hydrogens (tertiary/aromatic N) is 1. The molecule has 1 heterocycles. The van der Waals surface area contributed by atoms with Crippen LogP contribution < -0.4 is 5.32 Å². The number of alkyl carbamates (subject to hydrolysis) is 1. The Kier molecular flexibility index (Phi) is 13.0. The number of carbonyl (C=O) groups excluding carboxylic acids is 2. The summed E-state index contributed by atoms with van der Waals surface area (Å²) in [5.74, 6) is -0.528. The Hall–Kier alpha value is -2.35. The predicted molar refractivity (Wildman–Crippen MR) is 137 cm³/mol. The van der Waals surface area contributed by atoms with Crippen molar-refractivity contribution in [2.24, 2.45) is 0 Å². The van der Waals surface area contributed by atoms with E-state index >= 15 is 0 Å². The van der Waals surface area contributed by atoms with Gasteiger partial charge in [-0.3, -0.25) is 0 Å². The number of carboxylic acid groups (broad SMARTS) is 1. The van der Waals surface area contributed by atoms with Crippen LogP contribution in [0, 0.1) is 0 Å². The van der Waals surface area contributed by atoms with Crippen LogP contribution in [0.5, 0.6) is 0 Å². The SMILES string of the molecule is CCCCCC[P+](=O)O[C@@H](CCCCNC(=O)OCc1ccccc1)C(=O)[N+]1(C(=O)O)CCC[C@H]1C. The van der Waals surface area contributed by atoms with Crippen LogP contribution >= 0.6 is 8.03 Å². The molecule has 1 aromatic rings. The van der Waals surface area contributed by atoms with Gasteiger partial charge in [0.1, 0.15) is 12.6 Å². The van der Waals surface area contributed by atoms with Crippen LogP contribution in [0.3, 0.4) is 0 Å². The number of unbranched alkanes of at least 4 members (excludes halogenated alkanes) is 4. The van der Waals surface area contributed by atoms with Gasteiger partial charge < -0.3 is 15.2 Å². The first-order chi connectivity index (χ1) is 17.3. The summed E-state index contributed by atoms with van der Waals surface area (Å²) in [6.07, 6.45) is 3.96. The van der Waals surface area contributed by atoms with Gasteiger partial charge in [0.15, 0.2) is 6.16 Å². The van der Waals surface area contributed by atoms with E-state index in [0.29, 0.717) is 38.4 Å². The molecule has 0 radical (unpaired) electrons. The lowest BCUT2D eigenvalue weighted by atomic mass is 10.1. The van der Waals surface area contributed by atoms with Gasteiger partial charge in [0.05, 0.1) is 6.54 Å². The number of imide groups is 1. The van der Waals surface area contributed by atoms with Crippen molar-refractivity contribution in [2.45, 2.75) is 90.4 Å². The molecule has 2 N–H and O–H groups in total. The van der Waals surface area contributed by atoms with Crippen LogP contribution in [0.25, 0.3) is 0 Å². The Morgan fingerprint density at radius 3 is 2.53 bits per heavy atom. The van der Waals surface area contributed by atoms with Gasteiger partial charge in [-0.1, -0.05) is 50.1 Å². The first-order valence-corrected chi connectivity index (χ1v) is 14.4. The van der Waals surface area contributed by atoms with E-state index in [-0.39, 0.29) is 25.6 Å². The minimum absolute atomic E-state index is 0.176. The highest BCUT2D eigenvalue weighted by molar-refractivity contribution is 7.39. The summed E-state index contributed by atoms with van der Waals surface area (Å²) < 4.78 is 22.8. The summed E-state index contributed by atoms with van der Waals surface area (Å²) in [6, 6.07) is 9.01. The first-order valence-electron chi connectivity index (χ1n) is 13.0. The molecule has 3 amide bonds. The maximum absolute atomic E-state index is 13.5. The number of amides is 3. The molecule has 1 aliphatic rings. The van der Waals surface area contributed by atoms with Gasteiger partial charge in [0, 0.05) is 19.4 Å². The minimum atomic E-state index is -2.06. The summed E-state index contributed by atoms with van der Waals surface area (Å²) in [5.41, 5.74) is 0.890. The summed E-state index contributed by atoms with van der Waals surface area (Å²) >= 11 is 0. The second-order valence-electron chi connectivity index (χ2n) is 9.40. The van der Waals surface area contributed by atoms with Crippen LogP contribution in [-0.4, -0.2) is 59.1 Å². The van der Waals surface area contributed by atoms with Crippen LogP contribution in [0.4, 0.5) is 9.59 Å². The molecule has 200 valence electrons. The summed E-state index contributed by atoms with van der Waals surface area (Å²) in [6.45, 7) is 4.60. The first kappa shape index (κ1) is 29.9. The molecular formula is C26H41N2O7P+2. The van der Waals surface area contributed by atoms with Crippen LogP contribution in [-0.2, 0) is 25.2 Å². The van der Waals surface area contributed by atoms with E-state index < -0.39 is 36.7 Å². The fraction of sp³-hybridized carbons (Fsp3) is 0.654. The number of benzene rings is 1. The Labute approximate surface area is 215 Å². The van der Waals surface area contributed by atoms with Crippen molar-refractivity contribution in [2.75, 3.05) is 19.3 Å². The van der Waals surface area contributed by atoms with E-state index in [9.17, 15) is 24.1 Å². The van der Waals surface area contributed by atoms with E-state index in [1.807, 2.05) is 30.3 Å². The summed E-state index contributed by atoms with van der Waals surface area (Å²) in [5, 5.41) is 12.6. The lowest BCUT2D eigenvalue weighted by Gasteiger charge is -2.31. The molecule has 1 aromatic carbocycles. The molecule has 0 saturated carbocycles. The maximum atomic E-state index is 13.5. The maximum Gasteiger partial charge on any atom is 0.521 e. The van der Waals surface area contributed by atoms with Gasteiger partial charge in [0.2, 0.25) is 6.10 Å². The van der Waals surface area contributed by atoms with E-state index in [4.69, 9.17) is 9.26 Å². The quantitative estimate of drug-likeness (QED) is 0.164. The topological polar surface area (TPSA) is 119 Å². The van der Waals surface area contributed by atoms with Gasteiger partial charge in [-0.25, -0.2) is 9.59 Å². The molecule has 36 heavy (non-hydrogen) atoms. The van der Waals surface area contributed by atoms with E-state index in [1.54, 1.807) is 6.92 Å². The zero-order valence-electron chi connectivity index (χ0n) is 21.5. The van der Waals surface area contributed by atoms with Crippen molar-refractivity contribution >= 4 is 26.1 Å². The fourth-order valence-electron chi connectivity index (χ4n) is 4.54. The monoisotopic (exact) mass is 524 g/mol. The zero-order valence-corrected chi connectivity index (χ0v) is 22.4. The number of ether oxygens (including phenoxy) is 1. The molecule has 1 aliphatic heterocycles. The normalized spacial score (nSPS) is 20.5. The van der Waals surface area contributed by atoms with Crippen LogP contribution in [0.15, 0.2) is 30.3 Å². The molecule has 4 atom stereocenters. The number of rotatable bonds is 15. The number of nitrogens with one attached hydrogen (secondary N) is 1. The molecule has 0 bridgehead atoms. The Morgan fingerprint density at radius 1 is 1.14 bits per heavy atom. The highest BCUT2D eigenvalue weighted by Crippen LogP contribution is 2.34. The Morgan fingerprint density at radius 2 is 1.89 bits per heavy atom. The van der Waals surface area contributed by atoms with Gasteiger partial charge in [-0.05, 0) is 49.2 Å². The number of hydrogen-bond acceptors (Lipinski definition) is 6. The average molecular weight is 525 g/mol. The molecule has 2 rings (SSSR count). The van der Waals surface area contributed by atoms with E-state index in [0.717, 1.165) is 31.2 Å². The summed E-state index contributed by atoms with van der Waals surface area (Å²) in [7, 11) is -2.06. The van der Waals surface area contributed by atoms with Crippen molar-refractivity contribution < 1.29 is 37.8 Å². The van der Waals surface area contributed by atoms with Crippen molar-refractivity contribution in [3.63, 3.8) is 0 Å². The second-order valence-corrected chi connectivity index (χ2v) is 10.7. The smallest absolute Gasteiger partial charge is 0.445 e. The number of quaternary nitrogens is 1. The molecule has 9 nitrogen and oxygen atoms in total. The molecule has 2 unspecified atom stereocenters. The molecule has 1 saturated heterocycles. The molecule has 1 fully saturated rings. The van der Waals surface area contributed by atoms with Gasteiger partial charge in [-0.2, -0.15) is 9.28 Å². The third kappa shape index (κ3) is 8.95. The van der Waals surface area contributed by atoms with Gasteiger partial charge >= 0.3 is 26.1 Å². The van der Waals surface area contributed by atoms with Crippen LogP contribution in [0.1, 0.15) is 77.2 Å². The largest absolute Gasteiger partial charge is 0.521 e. The zero-order chi connectivity index (χ0) is 26.4. The molecule has 0 aliphatic carbocycles. The Bertz CT molecular complexity index is 867. The van der Waals surface area contributed by atoms with Gasteiger partial charge in [-0.15, -0.1) is 4.52 Å². The summed E-state index contributed by atoms with van der Waals surface area (Å²) in [4.78, 5) is 37.6. The fourth-order valence-corrected chi connectivity index (χ4v) is 5.61.